The minimum Gasteiger partial charge on any atom is -0.426 e. The second kappa shape index (κ2) is 10.5. The third-order valence-corrected chi connectivity index (χ3v) is 6.44. The smallest absolute Gasteiger partial charge is 0.317 e. The van der Waals surface area contributed by atoms with Gasteiger partial charge in [-0.3, -0.25) is 9.69 Å². The van der Waals surface area contributed by atoms with E-state index in [1.54, 1.807) is 19.1 Å². The summed E-state index contributed by atoms with van der Waals surface area (Å²) in [5.41, 5.74) is 3.41. The Labute approximate surface area is 208 Å². The van der Waals surface area contributed by atoms with E-state index in [-0.39, 0.29) is 29.6 Å². The first-order valence-electron chi connectivity index (χ1n) is 11.2. The van der Waals surface area contributed by atoms with Gasteiger partial charge in [0.25, 0.3) is 6.01 Å². The number of carbonyl (C=O) groups is 1. The van der Waals surface area contributed by atoms with Crippen LogP contribution in [0.2, 0.25) is 0 Å². The highest BCUT2D eigenvalue weighted by Gasteiger charge is 2.29. The Balaban J connectivity index is 1.64. The van der Waals surface area contributed by atoms with E-state index in [1.165, 1.54) is 6.07 Å². The fourth-order valence-corrected chi connectivity index (χ4v) is 4.32. The molecule has 1 aromatic carbocycles. The third kappa shape index (κ3) is 5.35. The topological polar surface area (TPSA) is 96.9 Å². The lowest BCUT2D eigenvalue weighted by Gasteiger charge is -2.38. The third-order valence-electron chi connectivity index (χ3n) is 6.28. The fraction of sp³-hybridized carbons (Fsp3) is 0.308. The van der Waals surface area contributed by atoms with Crippen LogP contribution in [0.15, 0.2) is 53.3 Å². The predicted molar refractivity (Wildman–Crippen MR) is 136 cm³/mol. The minimum absolute atomic E-state index is 0.0176. The minimum atomic E-state index is -0.846. The van der Waals surface area contributed by atoms with Gasteiger partial charge in [0, 0.05) is 17.6 Å². The number of morpholine rings is 1. The Kier molecular flexibility index (Phi) is 7.45. The number of halogens is 1. The number of carbonyl (C=O) groups excluding carboxylic acids is 1. The van der Waals surface area contributed by atoms with E-state index in [9.17, 15) is 9.70 Å². The molecule has 2 heterocycles. The summed E-state index contributed by atoms with van der Waals surface area (Å²) in [6, 6.07) is 3.68. The maximum atomic E-state index is 11.9. The molecule has 4 rings (SSSR count). The Morgan fingerprint density at radius 3 is 2.97 bits per heavy atom. The highest BCUT2D eigenvalue weighted by Crippen LogP contribution is 2.26. The van der Waals surface area contributed by atoms with Crippen molar-refractivity contribution in [1.29, 1.82) is 0 Å². The summed E-state index contributed by atoms with van der Waals surface area (Å²) in [6.07, 6.45) is 9.91. The van der Waals surface area contributed by atoms with E-state index < -0.39 is 5.91 Å². The average Bonchev–Trinajstić information content (AvgIpc) is 3.21. The molecule has 1 saturated heterocycles. The molecule has 2 unspecified atom stereocenters. The summed E-state index contributed by atoms with van der Waals surface area (Å²) in [7, 11) is 2.09. The van der Waals surface area contributed by atoms with Crippen molar-refractivity contribution >= 4 is 29.7 Å². The lowest BCUT2D eigenvalue weighted by atomic mass is 9.94. The molecule has 9 heteroatoms. The second-order valence-corrected chi connectivity index (χ2v) is 8.88. The molecule has 2 atom stereocenters. The summed E-state index contributed by atoms with van der Waals surface area (Å²) < 4.78 is 11.8. The summed E-state index contributed by atoms with van der Waals surface area (Å²) in [4.78, 5) is 32.6. The number of ether oxygens (including phenoxy) is 2. The molecular formula is C26H27ClN4O4. The van der Waals surface area contributed by atoms with Crippen LogP contribution < -0.4 is 15.4 Å². The zero-order valence-corrected chi connectivity index (χ0v) is 20.6. The second-order valence-electron chi connectivity index (χ2n) is 8.57. The number of rotatable bonds is 6. The molecular weight excluding hydrogens is 468 g/mol. The van der Waals surface area contributed by atoms with Crippen LogP contribution in [0.3, 0.4) is 0 Å². The van der Waals surface area contributed by atoms with Crippen LogP contribution in [0.25, 0.3) is 12.2 Å². The quantitative estimate of drug-likeness (QED) is 0.489. The molecule has 0 bridgehead atoms. The molecule has 35 heavy (non-hydrogen) atoms. The van der Waals surface area contributed by atoms with Crippen molar-refractivity contribution < 1.29 is 14.3 Å². The molecule has 1 aromatic heterocycles. The standard InChI is InChI=1S/C26H27ClN4O4/c1-15-11-19(14-20(17(15)3)25(32)30-33)35-26-28-21(7-8-27)22(29-26)12-16(2)18-5-6-23-24(13-18)34-10-9-31(23)4/h5-7,11-14,23-24H,2,8-10H2,1,3-4H3,(H,28,29)/b21-7+,22-12-. The van der Waals surface area contributed by atoms with E-state index in [1.807, 2.05) is 13.0 Å². The molecule has 182 valence electrons. The van der Waals surface area contributed by atoms with E-state index >= 15 is 0 Å². The molecule has 2 aliphatic rings. The van der Waals surface area contributed by atoms with Crippen LogP contribution in [-0.4, -0.2) is 59.0 Å². The van der Waals surface area contributed by atoms with Crippen LogP contribution in [0.4, 0.5) is 0 Å². The van der Waals surface area contributed by atoms with Crippen LogP contribution in [0.1, 0.15) is 21.5 Å². The summed E-state index contributed by atoms with van der Waals surface area (Å²) >= 11 is 5.95. The zero-order chi connectivity index (χ0) is 25.1. The number of aryl methyl sites for hydroxylation is 1. The average molecular weight is 495 g/mol. The molecule has 1 fully saturated rings. The largest absolute Gasteiger partial charge is 0.426 e. The lowest BCUT2D eigenvalue weighted by Crippen LogP contribution is -2.48. The van der Waals surface area contributed by atoms with Gasteiger partial charge < -0.3 is 14.5 Å². The van der Waals surface area contributed by atoms with Gasteiger partial charge in [0.2, 0.25) is 0 Å². The monoisotopic (exact) mass is 494 g/mol. The van der Waals surface area contributed by atoms with Crippen LogP contribution in [0.5, 0.6) is 11.8 Å². The number of nitrogens with one attached hydrogen (secondary N) is 1. The van der Waals surface area contributed by atoms with Crippen molar-refractivity contribution in [2.24, 2.45) is 5.18 Å². The number of nitroso groups, excluding NO2 is 1. The Morgan fingerprint density at radius 2 is 2.23 bits per heavy atom. The Hall–Kier alpha value is -3.33. The number of likely N-dealkylation sites (N-methyl/N-ethyl adjacent to an activating group) is 1. The Morgan fingerprint density at radius 1 is 1.43 bits per heavy atom. The maximum Gasteiger partial charge on any atom is 0.317 e. The number of hydrogen-bond donors (Lipinski definition) is 1. The van der Waals surface area contributed by atoms with Crippen molar-refractivity contribution in [2.75, 3.05) is 26.1 Å². The number of amides is 1. The van der Waals surface area contributed by atoms with Crippen molar-refractivity contribution in [3.8, 4) is 11.8 Å². The van der Waals surface area contributed by atoms with Gasteiger partial charge in [0.1, 0.15) is 5.75 Å². The number of alkyl halides is 1. The first-order valence-corrected chi connectivity index (χ1v) is 11.8. The maximum absolute atomic E-state index is 11.9. The normalized spacial score (nSPS) is 21.0. The number of nitrogens with zero attached hydrogens (tertiary/aromatic N) is 3. The molecule has 1 aliphatic carbocycles. The van der Waals surface area contributed by atoms with Crippen LogP contribution >= 0.6 is 11.6 Å². The van der Waals surface area contributed by atoms with Crippen molar-refractivity contribution in [3.63, 3.8) is 0 Å². The number of imidazole rings is 1. The summed E-state index contributed by atoms with van der Waals surface area (Å²) in [5.74, 6) is -0.224. The first kappa shape index (κ1) is 24.8. The first-order chi connectivity index (χ1) is 16.8. The molecule has 0 spiro atoms. The number of hydrogen-bond acceptors (Lipinski definition) is 6. The van der Waals surface area contributed by atoms with Gasteiger partial charge in [0.05, 0.1) is 35.0 Å². The van der Waals surface area contributed by atoms with E-state index in [0.717, 1.165) is 23.3 Å². The van der Waals surface area contributed by atoms with E-state index in [0.29, 0.717) is 28.6 Å². The van der Waals surface area contributed by atoms with E-state index in [4.69, 9.17) is 21.1 Å². The summed E-state index contributed by atoms with van der Waals surface area (Å²) in [5, 5.41) is 3.82. The molecule has 0 saturated carbocycles. The number of allylic oxidation sites excluding steroid dienone is 3. The summed E-state index contributed by atoms with van der Waals surface area (Å²) in [6.45, 7) is 9.40. The van der Waals surface area contributed by atoms with Gasteiger partial charge in [-0.2, -0.15) is 4.98 Å². The van der Waals surface area contributed by atoms with Gasteiger partial charge >= 0.3 is 5.91 Å². The van der Waals surface area contributed by atoms with Gasteiger partial charge in [-0.05, 0) is 73.5 Å². The SMILES string of the molecule is C=C(/C=c1\[nH]c(Oc2cc(C)c(C)c(C(=O)N=O)c2)n\c1=C\CCl)C1=CC2OCCN(C)C2C=C1. The molecule has 1 aliphatic heterocycles. The van der Waals surface area contributed by atoms with E-state index in [2.05, 4.69) is 51.9 Å². The number of H-pyrrole nitrogens is 1. The molecule has 2 aromatic rings. The molecule has 8 nitrogen and oxygen atoms in total. The molecule has 1 N–H and O–H groups in total. The fourth-order valence-electron chi connectivity index (χ4n) is 4.17. The number of fused-ring (bicyclic) bond motifs is 1. The number of aromatic nitrogens is 2. The van der Waals surface area contributed by atoms with Crippen molar-refractivity contribution in [1.82, 2.24) is 14.9 Å². The predicted octanol–water partition coefficient (Wildman–Crippen LogP) is 3.28. The highest BCUT2D eigenvalue weighted by molar-refractivity contribution is 6.20. The number of aromatic amines is 1. The van der Waals surface area contributed by atoms with Crippen LogP contribution in [-0.2, 0) is 4.74 Å². The van der Waals surface area contributed by atoms with Crippen LogP contribution in [0, 0.1) is 18.8 Å². The molecule has 0 radical (unpaired) electrons. The number of benzene rings is 1. The highest BCUT2D eigenvalue weighted by atomic mass is 35.5. The van der Waals surface area contributed by atoms with Crippen molar-refractivity contribution in [2.45, 2.75) is 26.0 Å². The Bertz CT molecular complexity index is 1360. The molecule has 1 amide bonds. The zero-order valence-electron chi connectivity index (χ0n) is 19.9. The lowest BCUT2D eigenvalue weighted by molar-refractivity contribution is -0.0209. The van der Waals surface area contributed by atoms with Gasteiger partial charge in [-0.15, -0.1) is 16.5 Å². The van der Waals surface area contributed by atoms with Gasteiger partial charge in [-0.1, -0.05) is 18.7 Å². The van der Waals surface area contributed by atoms with Gasteiger partial charge in [0.15, 0.2) is 0 Å². The van der Waals surface area contributed by atoms with Gasteiger partial charge in [-0.25, -0.2) is 0 Å². The van der Waals surface area contributed by atoms with Crippen molar-refractivity contribution in [3.05, 3.63) is 80.4 Å².